The Morgan fingerprint density at radius 1 is 1.64 bits per heavy atom. The Labute approximate surface area is 90.2 Å². The van der Waals surface area contributed by atoms with Gasteiger partial charge in [0.25, 0.3) is 5.97 Å². The molecule has 0 aliphatic carbocycles. The lowest BCUT2D eigenvalue weighted by atomic mass is 10.2. The van der Waals surface area contributed by atoms with E-state index in [1.807, 2.05) is 6.20 Å². The largest absolute Gasteiger partial charge is 0.481 e. The molecule has 0 aliphatic heterocycles. The van der Waals surface area contributed by atoms with Gasteiger partial charge in [0.15, 0.2) is 0 Å². The van der Waals surface area contributed by atoms with Crippen molar-refractivity contribution in [3.8, 4) is 0 Å². The molecule has 0 fully saturated rings. The Morgan fingerprint density at radius 2 is 2.21 bits per heavy atom. The zero-order valence-corrected chi connectivity index (χ0v) is 9.30. The van der Waals surface area contributed by atoms with E-state index < -0.39 is 5.97 Å². The van der Waals surface area contributed by atoms with Crippen LogP contribution in [0.3, 0.4) is 0 Å². The average molecular weight is 221 g/mol. The summed E-state index contributed by atoms with van der Waals surface area (Å²) >= 11 is 0. The molecule has 0 radical (unpaired) electrons. The normalized spacial score (nSPS) is 8.14. The Hall–Kier alpha value is -1.03. The van der Waals surface area contributed by atoms with Gasteiger partial charge >= 0.3 is 0 Å². The predicted molar refractivity (Wildman–Crippen MR) is 57.8 cm³/mol. The fourth-order valence-electron chi connectivity index (χ4n) is 0.779. The summed E-state index contributed by atoms with van der Waals surface area (Å²) in [5, 5.41) is 7.42. The molecule has 2 N–H and O–H groups in total. The van der Waals surface area contributed by atoms with Crippen molar-refractivity contribution in [1.29, 1.82) is 0 Å². The molecule has 0 saturated carbocycles. The number of aromatic amines is 1. The van der Waals surface area contributed by atoms with E-state index in [9.17, 15) is 0 Å². The molecule has 0 spiro atoms. The lowest BCUT2D eigenvalue weighted by Gasteiger charge is -1.90. The number of aryl methyl sites for hydroxylation is 1. The molecule has 0 bridgehead atoms. The molecule has 82 valence electrons. The Balaban J connectivity index is 0. The van der Waals surface area contributed by atoms with Gasteiger partial charge in [-0.2, -0.15) is 0 Å². The van der Waals surface area contributed by atoms with Crippen LogP contribution < -0.4 is 0 Å². The van der Waals surface area contributed by atoms with Crippen LogP contribution in [-0.4, -0.2) is 21.0 Å². The fraction of sp³-hybridized carbons (Fsp3) is 0.556. The Kier molecular flexibility index (Phi) is 11.1. The predicted octanol–water partition coefficient (Wildman–Crippen LogP) is 2.27. The van der Waals surface area contributed by atoms with Gasteiger partial charge in [0.05, 0.1) is 0 Å². The number of unbranched alkanes of at least 4 members (excludes halogenated alkanes) is 1. The second-order valence-electron chi connectivity index (χ2n) is 2.66. The van der Waals surface area contributed by atoms with Crippen molar-refractivity contribution in [2.45, 2.75) is 33.1 Å². The van der Waals surface area contributed by atoms with Gasteiger partial charge in [-0.25, -0.2) is 4.98 Å². The minimum absolute atomic E-state index is 0. The van der Waals surface area contributed by atoms with E-state index in [2.05, 4.69) is 16.9 Å². The van der Waals surface area contributed by atoms with E-state index >= 15 is 0 Å². The van der Waals surface area contributed by atoms with Crippen molar-refractivity contribution >= 4 is 18.4 Å². The summed E-state index contributed by atoms with van der Waals surface area (Å²) in [6.45, 7) is 3.27. The van der Waals surface area contributed by atoms with Crippen LogP contribution in [0.1, 0.15) is 32.5 Å². The highest BCUT2D eigenvalue weighted by molar-refractivity contribution is 5.85. The maximum absolute atomic E-state index is 9.00. The number of carbonyl (C=O) groups is 1. The van der Waals surface area contributed by atoms with Crippen LogP contribution in [0.25, 0.3) is 0 Å². The summed E-state index contributed by atoms with van der Waals surface area (Å²) in [4.78, 5) is 16.2. The number of hydrogen-bond acceptors (Lipinski definition) is 2. The molecule has 0 unspecified atom stereocenters. The molecule has 0 atom stereocenters. The minimum atomic E-state index is -0.833. The third kappa shape index (κ3) is 11.0. The van der Waals surface area contributed by atoms with Crippen LogP contribution in [0.2, 0.25) is 0 Å². The lowest BCUT2D eigenvalue weighted by molar-refractivity contribution is -0.134. The summed E-state index contributed by atoms with van der Waals surface area (Å²) in [6, 6.07) is 0. The van der Waals surface area contributed by atoms with Gasteiger partial charge in [0.1, 0.15) is 5.82 Å². The van der Waals surface area contributed by atoms with Crippen LogP contribution in [0.15, 0.2) is 12.4 Å². The summed E-state index contributed by atoms with van der Waals surface area (Å²) in [6.07, 6.45) is 7.22. The maximum atomic E-state index is 9.00. The van der Waals surface area contributed by atoms with Gasteiger partial charge in [-0.05, 0) is 6.42 Å². The molecule has 4 nitrogen and oxygen atoms in total. The van der Waals surface area contributed by atoms with E-state index in [-0.39, 0.29) is 12.4 Å². The number of aromatic nitrogens is 2. The number of nitrogens with one attached hydrogen (secondary N) is 1. The first-order valence-electron chi connectivity index (χ1n) is 4.34. The number of hydrogen-bond donors (Lipinski definition) is 2. The maximum Gasteiger partial charge on any atom is 0.300 e. The smallest absolute Gasteiger partial charge is 0.300 e. The summed E-state index contributed by atoms with van der Waals surface area (Å²) in [7, 11) is 0. The molecule has 0 aromatic carbocycles. The van der Waals surface area contributed by atoms with Crippen molar-refractivity contribution in [1.82, 2.24) is 9.97 Å². The SMILES string of the molecule is CC(=O)O.CCCCc1ncc[nH]1.Cl. The minimum Gasteiger partial charge on any atom is -0.481 e. The van der Waals surface area contributed by atoms with E-state index in [1.165, 1.54) is 12.8 Å². The van der Waals surface area contributed by atoms with Crippen LogP contribution in [0.5, 0.6) is 0 Å². The van der Waals surface area contributed by atoms with Crippen molar-refractivity contribution in [2.75, 3.05) is 0 Å². The zero-order chi connectivity index (χ0) is 10.1. The summed E-state index contributed by atoms with van der Waals surface area (Å²) < 4.78 is 0. The molecular formula is C9H17ClN2O2. The van der Waals surface area contributed by atoms with Crippen molar-refractivity contribution in [3.63, 3.8) is 0 Å². The lowest BCUT2D eigenvalue weighted by Crippen LogP contribution is -1.85. The van der Waals surface area contributed by atoms with Gasteiger partial charge in [-0.1, -0.05) is 13.3 Å². The molecule has 5 heteroatoms. The van der Waals surface area contributed by atoms with Gasteiger partial charge in [0, 0.05) is 25.7 Å². The fourth-order valence-corrected chi connectivity index (χ4v) is 0.779. The van der Waals surface area contributed by atoms with E-state index in [0.717, 1.165) is 19.2 Å². The molecule has 1 heterocycles. The Morgan fingerprint density at radius 3 is 2.57 bits per heavy atom. The average Bonchev–Trinajstić information content (AvgIpc) is 2.51. The van der Waals surface area contributed by atoms with Gasteiger partial charge in [0.2, 0.25) is 0 Å². The van der Waals surface area contributed by atoms with Gasteiger partial charge < -0.3 is 10.1 Å². The van der Waals surface area contributed by atoms with Gasteiger partial charge in [-0.3, -0.25) is 4.79 Å². The van der Waals surface area contributed by atoms with Crippen LogP contribution in [0, 0.1) is 0 Å². The van der Waals surface area contributed by atoms with Crippen LogP contribution >= 0.6 is 12.4 Å². The second-order valence-corrected chi connectivity index (χ2v) is 2.66. The highest BCUT2D eigenvalue weighted by atomic mass is 35.5. The number of rotatable bonds is 3. The van der Waals surface area contributed by atoms with Gasteiger partial charge in [-0.15, -0.1) is 12.4 Å². The summed E-state index contributed by atoms with van der Waals surface area (Å²) in [5.41, 5.74) is 0. The third-order valence-corrected chi connectivity index (χ3v) is 1.32. The second kappa shape index (κ2) is 10.1. The number of halogens is 1. The number of H-pyrrole nitrogens is 1. The van der Waals surface area contributed by atoms with E-state index in [4.69, 9.17) is 9.90 Å². The number of carboxylic acid groups (broad SMARTS) is 1. The standard InChI is InChI=1S/C7H12N2.C2H4O2.ClH/c1-2-3-4-7-8-5-6-9-7;1-2(3)4;/h5-6H,2-4H2,1H3,(H,8,9);1H3,(H,3,4);1H. The van der Waals surface area contributed by atoms with Crippen molar-refractivity contribution in [2.24, 2.45) is 0 Å². The monoisotopic (exact) mass is 220 g/mol. The third-order valence-electron chi connectivity index (χ3n) is 1.32. The molecule has 0 aliphatic rings. The molecule has 1 aromatic rings. The first-order valence-corrected chi connectivity index (χ1v) is 4.34. The first-order chi connectivity index (χ1) is 6.16. The molecule has 0 saturated heterocycles. The number of carboxylic acids is 1. The van der Waals surface area contributed by atoms with E-state index in [1.54, 1.807) is 6.20 Å². The quantitative estimate of drug-likeness (QED) is 0.821. The van der Waals surface area contributed by atoms with Crippen LogP contribution in [-0.2, 0) is 11.2 Å². The molecule has 1 rings (SSSR count). The highest BCUT2D eigenvalue weighted by Gasteiger charge is 1.90. The topological polar surface area (TPSA) is 66.0 Å². The Bertz CT molecular complexity index is 221. The van der Waals surface area contributed by atoms with Crippen molar-refractivity contribution in [3.05, 3.63) is 18.2 Å². The van der Waals surface area contributed by atoms with Crippen molar-refractivity contribution < 1.29 is 9.90 Å². The molecule has 0 amide bonds. The zero-order valence-electron chi connectivity index (χ0n) is 8.49. The number of imidazole rings is 1. The summed E-state index contributed by atoms with van der Waals surface area (Å²) in [5.74, 6) is 0.275. The first kappa shape index (κ1) is 15.4. The highest BCUT2D eigenvalue weighted by Crippen LogP contribution is 1.96. The number of aliphatic carboxylic acids is 1. The number of nitrogens with zero attached hydrogens (tertiary/aromatic N) is 1. The molecule has 1 aromatic heterocycles. The molecule has 14 heavy (non-hydrogen) atoms. The van der Waals surface area contributed by atoms with Crippen LogP contribution in [0.4, 0.5) is 0 Å². The van der Waals surface area contributed by atoms with E-state index in [0.29, 0.717) is 0 Å². The molecular weight excluding hydrogens is 204 g/mol.